The minimum atomic E-state index is -0.257. The topological polar surface area (TPSA) is 43.8 Å². The lowest BCUT2D eigenvalue weighted by molar-refractivity contribution is -0.134. The molecule has 2 rings (SSSR count). The molecule has 1 heterocycles. The summed E-state index contributed by atoms with van der Waals surface area (Å²) in [6, 6.07) is 0.168. The van der Waals surface area contributed by atoms with Gasteiger partial charge in [-0.05, 0) is 38.6 Å². The Kier molecular flexibility index (Phi) is 5.22. The van der Waals surface area contributed by atoms with Crippen molar-refractivity contribution in [3.05, 3.63) is 0 Å². The molecule has 19 heavy (non-hydrogen) atoms. The fourth-order valence-corrected chi connectivity index (χ4v) is 3.29. The van der Waals surface area contributed by atoms with Crippen LogP contribution in [0.4, 0.5) is 0 Å². The van der Waals surface area contributed by atoms with Crippen LogP contribution in [0.2, 0.25) is 0 Å². The summed E-state index contributed by atoms with van der Waals surface area (Å²) < 4.78 is 0. The second kappa shape index (κ2) is 6.71. The van der Waals surface area contributed by atoms with Crippen LogP contribution >= 0.6 is 0 Å². The quantitative estimate of drug-likeness (QED) is 0.843. The van der Waals surface area contributed by atoms with Crippen molar-refractivity contribution >= 4 is 5.91 Å². The van der Waals surface area contributed by atoms with Gasteiger partial charge in [0.2, 0.25) is 5.91 Å². The van der Waals surface area contributed by atoms with Crippen molar-refractivity contribution in [3.63, 3.8) is 0 Å². The van der Waals surface area contributed by atoms with Gasteiger partial charge < -0.3 is 10.0 Å². The number of carbonyl (C=O) groups excluding carboxylic acids is 1. The molecule has 1 saturated carbocycles. The van der Waals surface area contributed by atoms with Gasteiger partial charge in [-0.25, -0.2) is 0 Å². The summed E-state index contributed by atoms with van der Waals surface area (Å²) in [7, 11) is 1.98. The number of hydrogen-bond donors (Lipinski definition) is 1. The Morgan fingerprint density at radius 2 is 1.84 bits per heavy atom. The van der Waals surface area contributed by atoms with E-state index in [0.717, 1.165) is 51.1 Å². The van der Waals surface area contributed by atoms with E-state index in [2.05, 4.69) is 11.8 Å². The first-order valence-electron chi connectivity index (χ1n) is 7.74. The van der Waals surface area contributed by atoms with E-state index in [-0.39, 0.29) is 18.1 Å². The first-order chi connectivity index (χ1) is 9.08. The Bertz CT molecular complexity index is 301. The number of aliphatic hydroxyl groups is 1. The van der Waals surface area contributed by atoms with Gasteiger partial charge in [-0.1, -0.05) is 19.8 Å². The fraction of sp³-hybridized carbons (Fsp3) is 0.933. The standard InChI is InChI=1S/C15H28N2O2/c1-12-7-9-17(10-8-12)15(19)11-16(2)13-5-3-4-6-14(13)18/h12-14,18H,3-11H2,1-2H3. The SMILES string of the molecule is CC1CCN(C(=O)CN(C)C2CCCCC2O)CC1. The predicted octanol–water partition coefficient (Wildman–Crippen LogP) is 1.48. The Balaban J connectivity index is 1.80. The van der Waals surface area contributed by atoms with E-state index >= 15 is 0 Å². The maximum atomic E-state index is 12.3. The van der Waals surface area contributed by atoms with E-state index in [0.29, 0.717) is 6.54 Å². The second-order valence-electron chi connectivity index (χ2n) is 6.40. The largest absolute Gasteiger partial charge is 0.391 e. The highest BCUT2D eigenvalue weighted by molar-refractivity contribution is 5.78. The molecule has 0 radical (unpaired) electrons. The lowest BCUT2D eigenvalue weighted by Gasteiger charge is -2.37. The van der Waals surface area contributed by atoms with Gasteiger partial charge in [0.05, 0.1) is 12.6 Å². The van der Waals surface area contributed by atoms with E-state index in [1.165, 1.54) is 6.42 Å². The van der Waals surface area contributed by atoms with E-state index in [1.807, 2.05) is 11.9 Å². The number of likely N-dealkylation sites (tertiary alicyclic amines) is 1. The molecule has 2 fully saturated rings. The normalized spacial score (nSPS) is 29.8. The highest BCUT2D eigenvalue weighted by Gasteiger charge is 2.29. The molecule has 1 amide bonds. The summed E-state index contributed by atoms with van der Waals surface area (Å²) >= 11 is 0. The number of nitrogens with zero attached hydrogens (tertiary/aromatic N) is 2. The summed E-state index contributed by atoms with van der Waals surface area (Å²) in [5.74, 6) is 0.981. The molecule has 0 aromatic heterocycles. The van der Waals surface area contributed by atoms with E-state index in [4.69, 9.17) is 0 Å². The molecule has 2 unspecified atom stereocenters. The molecular weight excluding hydrogens is 240 g/mol. The van der Waals surface area contributed by atoms with E-state index in [9.17, 15) is 9.90 Å². The van der Waals surface area contributed by atoms with E-state index < -0.39 is 0 Å². The lowest BCUT2D eigenvalue weighted by Crippen LogP contribution is -2.49. The van der Waals surface area contributed by atoms with Gasteiger partial charge in [0.1, 0.15) is 0 Å². The Labute approximate surface area is 116 Å². The molecule has 1 aliphatic carbocycles. The number of hydrogen-bond acceptors (Lipinski definition) is 3. The molecule has 0 spiro atoms. The first kappa shape index (κ1) is 14.8. The number of amides is 1. The maximum absolute atomic E-state index is 12.3. The minimum Gasteiger partial charge on any atom is -0.391 e. The van der Waals surface area contributed by atoms with E-state index in [1.54, 1.807) is 0 Å². The number of aliphatic hydroxyl groups excluding tert-OH is 1. The van der Waals surface area contributed by atoms with Crippen molar-refractivity contribution in [2.24, 2.45) is 5.92 Å². The Morgan fingerprint density at radius 3 is 2.47 bits per heavy atom. The molecule has 0 aromatic carbocycles. The molecule has 1 saturated heterocycles. The average molecular weight is 268 g/mol. The smallest absolute Gasteiger partial charge is 0.236 e. The number of likely N-dealkylation sites (N-methyl/N-ethyl adjacent to an activating group) is 1. The number of rotatable bonds is 3. The molecule has 2 atom stereocenters. The van der Waals surface area contributed by atoms with Crippen LogP contribution in [-0.2, 0) is 4.79 Å². The Hall–Kier alpha value is -0.610. The van der Waals surface area contributed by atoms with Crippen LogP contribution in [0.1, 0.15) is 45.4 Å². The molecular formula is C15H28N2O2. The third-order valence-corrected chi connectivity index (χ3v) is 4.78. The van der Waals surface area contributed by atoms with Crippen LogP contribution in [0.25, 0.3) is 0 Å². The van der Waals surface area contributed by atoms with Crippen LogP contribution in [0, 0.1) is 5.92 Å². The van der Waals surface area contributed by atoms with Gasteiger partial charge in [0.15, 0.2) is 0 Å². The van der Waals surface area contributed by atoms with Gasteiger partial charge in [0, 0.05) is 19.1 Å². The van der Waals surface area contributed by atoms with Crippen molar-refractivity contribution < 1.29 is 9.90 Å². The summed E-state index contributed by atoms with van der Waals surface area (Å²) in [5.41, 5.74) is 0. The highest BCUT2D eigenvalue weighted by atomic mass is 16.3. The predicted molar refractivity (Wildman–Crippen MR) is 75.9 cm³/mol. The summed E-state index contributed by atoms with van der Waals surface area (Å²) in [5, 5.41) is 10.0. The van der Waals surface area contributed by atoms with Crippen molar-refractivity contribution in [1.29, 1.82) is 0 Å². The maximum Gasteiger partial charge on any atom is 0.236 e. The van der Waals surface area contributed by atoms with Gasteiger partial charge in [0.25, 0.3) is 0 Å². The monoisotopic (exact) mass is 268 g/mol. The molecule has 1 aliphatic heterocycles. The van der Waals surface area contributed by atoms with Crippen molar-refractivity contribution in [3.8, 4) is 0 Å². The second-order valence-corrected chi connectivity index (χ2v) is 6.40. The van der Waals surface area contributed by atoms with Crippen molar-refractivity contribution in [2.45, 2.75) is 57.6 Å². The van der Waals surface area contributed by atoms with Crippen LogP contribution in [0.15, 0.2) is 0 Å². The van der Waals surface area contributed by atoms with Gasteiger partial charge in [-0.3, -0.25) is 9.69 Å². The van der Waals surface area contributed by atoms with Gasteiger partial charge in [-0.2, -0.15) is 0 Å². The minimum absolute atomic E-state index is 0.168. The first-order valence-corrected chi connectivity index (χ1v) is 7.74. The summed E-state index contributed by atoms with van der Waals surface area (Å²) in [6.45, 7) is 4.52. The molecule has 2 aliphatic rings. The number of carbonyl (C=O) groups is 1. The third-order valence-electron chi connectivity index (χ3n) is 4.78. The average Bonchev–Trinajstić information content (AvgIpc) is 2.39. The van der Waals surface area contributed by atoms with Crippen LogP contribution in [-0.4, -0.2) is 59.6 Å². The van der Waals surface area contributed by atoms with Crippen LogP contribution in [0.3, 0.4) is 0 Å². The summed E-state index contributed by atoms with van der Waals surface area (Å²) in [4.78, 5) is 16.3. The zero-order valence-electron chi connectivity index (χ0n) is 12.3. The molecule has 4 heteroatoms. The van der Waals surface area contributed by atoms with Crippen LogP contribution < -0.4 is 0 Å². The zero-order valence-corrected chi connectivity index (χ0v) is 12.3. The fourth-order valence-electron chi connectivity index (χ4n) is 3.29. The van der Waals surface area contributed by atoms with Gasteiger partial charge in [-0.15, -0.1) is 0 Å². The molecule has 4 nitrogen and oxygen atoms in total. The molecule has 1 N–H and O–H groups in total. The lowest BCUT2D eigenvalue weighted by atomic mass is 9.91. The van der Waals surface area contributed by atoms with Crippen molar-refractivity contribution in [2.75, 3.05) is 26.7 Å². The highest BCUT2D eigenvalue weighted by Crippen LogP contribution is 2.22. The van der Waals surface area contributed by atoms with Gasteiger partial charge >= 0.3 is 0 Å². The summed E-state index contributed by atoms with van der Waals surface area (Å²) in [6.07, 6.45) is 6.17. The van der Waals surface area contributed by atoms with Crippen molar-refractivity contribution in [1.82, 2.24) is 9.80 Å². The molecule has 0 bridgehead atoms. The van der Waals surface area contributed by atoms with Crippen LogP contribution in [0.5, 0.6) is 0 Å². The zero-order chi connectivity index (χ0) is 13.8. The molecule has 110 valence electrons. The Morgan fingerprint density at radius 1 is 1.21 bits per heavy atom. The molecule has 0 aromatic rings. The third kappa shape index (κ3) is 3.93. The number of piperidine rings is 1.